The normalized spacial score (nSPS) is 28.1. The first-order valence-corrected chi connectivity index (χ1v) is 8.48. The Morgan fingerprint density at radius 1 is 1.19 bits per heavy atom. The monoisotopic (exact) mass is 285 g/mol. The third-order valence-corrected chi connectivity index (χ3v) is 4.89. The first-order chi connectivity index (χ1) is 10.3. The SMILES string of the molecule is CCCCOc1ccc(/C=C/C2CN3CCC2CC3)cc1. The van der Waals surface area contributed by atoms with Gasteiger partial charge in [0.15, 0.2) is 0 Å². The minimum Gasteiger partial charge on any atom is -0.494 e. The molecule has 1 aromatic rings. The number of ether oxygens (including phenoxy) is 1. The van der Waals surface area contributed by atoms with Crippen molar-refractivity contribution in [3.63, 3.8) is 0 Å². The molecule has 3 saturated heterocycles. The summed E-state index contributed by atoms with van der Waals surface area (Å²) in [7, 11) is 0. The molecule has 2 nitrogen and oxygen atoms in total. The van der Waals surface area contributed by atoms with Gasteiger partial charge in [-0.05, 0) is 61.9 Å². The van der Waals surface area contributed by atoms with E-state index < -0.39 is 0 Å². The number of piperidine rings is 3. The van der Waals surface area contributed by atoms with Gasteiger partial charge in [-0.3, -0.25) is 0 Å². The lowest BCUT2D eigenvalue weighted by Crippen LogP contribution is -2.46. The van der Waals surface area contributed by atoms with Crippen LogP contribution in [0, 0.1) is 11.8 Å². The fourth-order valence-electron chi connectivity index (χ4n) is 3.47. The van der Waals surface area contributed by atoms with Crippen molar-refractivity contribution in [3.8, 4) is 5.75 Å². The summed E-state index contributed by atoms with van der Waals surface area (Å²) >= 11 is 0. The lowest BCUT2D eigenvalue weighted by Gasteiger charge is -2.43. The molecule has 1 atom stereocenters. The molecule has 3 aliphatic rings. The van der Waals surface area contributed by atoms with E-state index in [9.17, 15) is 0 Å². The lowest BCUT2D eigenvalue weighted by atomic mass is 9.79. The molecule has 0 saturated carbocycles. The van der Waals surface area contributed by atoms with Gasteiger partial charge in [0.2, 0.25) is 0 Å². The molecule has 1 aromatic carbocycles. The highest BCUT2D eigenvalue weighted by atomic mass is 16.5. The number of benzene rings is 1. The van der Waals surface area contributed by atoms with Crippen LogP contribution in [0.2, 0.25) is 0 Å². The maximum atomic E-state index is 5.71. The van der Waals surface area contributed by atoms with E-state index in [-0.39, 0.29) is 0 Å². The molecule has 3 fully saturated rings. The van der Waals surface area contributed by atoms with Gasteiger partial charge in [-0.25, -0.2) is 0 Å². The van der Waals surface area contributed by atoms with Gasteiger partial charge in [0.1, 0.15) is 5.75 Å². The highest BCUT2D eigenvalue weighted by molar-refractivity contribution is 5.51. The average Bonchev–Trinajstić information content (AvgIpc) is 2.55. The average molecular weight is 285 g/mol. The van der Waals surface area contributed by atoms with Gasteiger partial charge in [0, 0.05) is 6.54 Å². The van der Waals surface area contributed by atoms with E-state index in [0.29, 0.717) is 0 Å². The highest BCUT2D eigenvalue weighted by Crippen LogP contribution is 2.33. The third-order valence-electron chi connectivity index (χ3n) is 4.89. The van der Waals surface area contributed by atoms with Crippen LogP contribution in [0.5, 0.6) is 5.75 Å². The molecule has 4 rings (SSSR count). The molecule has 0 spiro atoms. The van der Waals surface area contributed by atoms with Crippen LogP contribution < -0.4 is 4.74 Å². The van der Waals surface area contributed by atoms with Crippen molar-refractivity contribution in [2.75, 3.05) is 26.2 Å². The molecule has 0 aliphatic carbocycles. The Bertz CT molecular complexity index is 457. The second kappa shape index (κ2) is 7.13. The van der Waals surface area contributed by atoms with Crippen molar-refractivity contribution in [3.05, 3.63) is 35.9 Å². The summed E-state index contributed by atoms with van der Waals surface area (Å²) in [5.74, 6) is 2.67. The van der Waals surface area contributed by atoms with Crippen LogP contribution in [0.15, 0.2) is 30.3 Å². The molecule has 0 amide bonds. The third kappa shape index (κ3) is 3.88. The van der Waals surface area contributed by atoms with E-state index in [1.807, 2.05) is 0 Å². The van der Waals surface area contributed by atoms with Crippen LogP contribution in [-0.2, 0) is 0 Å². The molecule has 2 heteroatoms. The molecular weight excluding hydrogens is 258 g/mol. The minimum atomic E-state index is 0.757. The van der Waals surface area contributed by atoms with E-state index in [1.54, 1.807) is 0 Å². The fraction of sp³-hybridized carbons (Fsp3) is 0.579. The predicted octanol–water partition coefficient (Wildman–Crippen LogP) is 4.22. The Balaban J connectivity index is 1.54. The second-order valence-corrected chi connectivity index (χ2v) is 6.43. The molecule has 21 heavy (non-hydrogen) atoms. The number of hydrogen-bond donors (Lipinski definition) is 0. The molecule has 114 valence electrons. The summed E-state index contributed by atoms with van der Waals surface area (Å²) in [4.78, 5) is 2.61. The molecule has 1 unspecified atom stereocenters. The van der Waals surface area contributed by atoms with Crippen LogP contribution >= 0.6 is 0 Å². The van der Waals surface area contributed by atoms with Gasteiger partial charge in [0.05, 0.1) is 6.61 Å². The zero-order chi connectivity index (χ0) is 14.5. The van der Waals surface area contributed by atoms with Gasteiger partial charge in [-0.15, -0.1) is 0 Å². The standard InChI is InChI=1S/C19H27NO/c1-2-3-14-21-19-8-5-16(6-9-19)4-7-18-15-20-12-10-17(18)11-13-20/h4-9,17-18H,2-3,10-15H2,1H3/b7-4+. The first-order valence-electron chi connectivity index (χ1n) is 8.48. The number of fused-ring (bicyclic) bond motifs is 3. The molecule has 3 aliphatic heterocycles. The van der Waals surface area contributed by atoms with E-state index in [0.717, 1.165) is 30.6 Å². The smallest absolute Gasteiger partial charge is 0.119 e. The van der Waals surface area contributed by atoms with Crippen molar-refractivity contribution in [1.82, 2.24) is 4.90 Å². The predicted molar refractivity (Wildman–Crippen MR) is 88.5 cm³/mol. The number of unbranched alkanes of at least 4 members (excludes halogenated alkanes) is 1. The summed E-state index contributed by atoms with van der Waals surface area (Å²) < 4.78 is 5.71. The Labute approximate surface area is 128 Å². The summed E-state index contributed by atoms with van der Waals surface area (Å²) in [6.07, 6.45) is 9.81. The molecule has 0 aromatic heterocycles. The van der Waals surface area contributed by atoms with Gasteiger partial charge in [-0.2, -0.15) is 0 Å². The number of hydrogen-bond acceptors (Lipinski definition) is 2. The maximum Gasteiger partial charge on any atom is 0.119 e. The largest absolute Gasteiger partial charge is 0.494 e. The number of rotatable bonds is 6. The van der Waals surface area contributed by atoms with Gasteiger partial charge >= 0.3 is 0 Å². The Kier molecular flexibility index (Phi) is 4.97. The van der Waals surface area contributed by atoms with E-state index in [1.165, 1.54) is 44.5 Å². The summed E-state index contributed by atoms with van der Waals surface area (Å²) in [6.45, 7) is 6.91. The Hall–Kier alpha value is -1.28. The van der Waals surface area contributed by atoms with E-state index in [4.69, 9.17) is 4.74 Å². The van der Waals surface area contributed by atoms with E-state index >= 15 is 0 Å². The van der Waals surface area contributed by atoms with Crippen LogP contribution in [0.25, 0.3) is 6.08 Å². The fourth-order valence-corrected chi connectivity index (χ4v) is 3.47. The molecule has 2 bridgehead atoms. The summed E-state index contributed by atoms with van der Waals surface area (Å²) in [6, 6.07) is 8.51. The van der Waals surface area contributed by atoms with E-state index in [2.05, 4.69) is 48.2 Å². The number of nitrogens with zero attached hydrogens (tertiary/aromatic N) is 1. The second-order valence-electron chi connectivity index (χ2n) is 6.43. The Morgan fingerprint density at radius 2 is 1.95 bits per heavy atom. The first kappa shape index (κ1) is 14.6. The molecule has 0 N–H and O–H groups in total. The zero-order valence-electron chi connectivity index (χ0n) is 13.1. The summed E-state index contributed by atoms with van der Waals surface area (Å²) in [5.41, 5.74) is 1.29. The van der Waals surface area contributed by atoms with Crippen molar-refractivity contribution >= 4 is 6.08 Å². The van der Waals surface area contributed by atoms with Crippen LogP contribution in [-0.4, -0.2) is 31.1 Å². The van der Waals surface area contributed by atoms with Gasteiger partial charge in [0.25, 0.3) is 0 Å². The maximum absolute atomic E-state index is 5.71. The van der Waals surface area contributed by atoms with Crippen LogP contribution in [0.1, 0.15) is 38.2 Å². The van der Waals surface area contributed by atoms with Crippen molar-refractivity contribution in [2.45, 2.75) is 32.6 Å². The highest BCUT2D eigenvalue weighted by Gasteiger charge is 2.32. The zero-order valence-corrected chi connectivity index (χ0v) is 13.1. The van der Waals surface area contributed by atoms with Crippen LogP contribution in [0.4, 0.5) is 0 Å². The minimum absolute atomic E-state index is 0.757. The lowest BCUT2D eigenvalue weighted by molar-refractivity contribution is 0.0740. The van der Waals surface area contributed by atoms with Crippen LogP contribution in [0.3, 0.4) is 0 Å². The van der Waals surface area contributed by atoms with Gasteiger partial charge < -0.3 is 9.64 Å². The molecule has 3 heterocycles. The molecule has 0 radical (unpaired) electrons. The van der Waals surface area contributed by atoms with Crippen molar-refractivity contribution in [2.24, 2.45) is 11.8 Å². The Morgan fingerprint density at radius 3 is 2.57 bits per heavy atom. The van der Waals surface area contributed by atoms with Gasteiger partial charge in [-0.1, -0.05) is 37.6 Å². The molecular formula is C19H27NO. The topological polar surface area (TPSA) is 12.5 Å². The van der Waals surface area contributed by atoms with Crippen molar-refractivity contribution in [1.29, 1.82) is 0 Å². The summed E-state index contributed by atoms with van der Waals surface area (Å²) in [5, 5.41) is 0. The quantitative estimate of drug-likeness (QED) is 0.726. The van der Waals surface area contributed by atoms with Crippen molar-refractivity contribution < 1.29 is 4.74 Å².